The number of nitrogens with one attached hydrogen (secondary N) is 1. The van der Waals surface area contributed by atoms with E-state index < -0.39 is 0 Å². The third kappa shape index (κ3) is 4.44. The van der Waals surface area contributed by atoms with Gasteiger partial charge in [0.1, 0.15) is 5.70 Å². The van der Waals surface area contributed by atoms with Gasteiger partial charge in [-0.2, -0.15) is 0 Å². The molecule has 6 nitrogen and oxygen atoms in total. The van der Waals surface area contributed by atoms with Crippen LogP contribution in [0.3, 0.4) is 0 Å². The Kier molecular flexibility index (Phi) is 6.12. The minimum atomic E-state index is -0.267. The lowest BCUT2D eigenvalue weighted by Crippen LogP contribution is -2.38. The Labute approximate surface area is 188 Å². The lowest BCUT2D eigenvalue weighted by Gasteiger charge is -2.32. The molecule has 0 bridgehead atoms. The highest BCUT2D eigenvalue weighted by molar-refractivity contribution is 6.35. The Hall–Kier alpha value is -3.41. The molecular formula is C26H29N3O3. The van der Waals surface area contributed by atoms with Crippen LogP contribution in [0.15, 0.2) is 54.2 Å². The van der Waals surface area contributed by atoms with E-state index in [-0.39, 0.29) is 24.3 Å². The van der Waals surface area contributed by atoms with Crippen LogP contribution in [-0.2, 0) is 20.9 Å². The van der Waals surface area contributed by atoms with Gasteiger partial charge in [0.25, 0.3) is 11.8 Å². The van der Waals surface area contributed by atoms with E-state index >= 15 is 0 Å². The van der Waals surface area contributed by atoms with Crippen molar-refractivity contribution < 1.29 is 14.4 Å². The summed E-state index contributed by atoms with van der Waals surface area (Å²) >= 11 is 0. The first-order valence-corrected chi connectivity index (χ1v) is 11.1. The van der Waals surface area contributed by atoms with Crippen molar-refractivity contribution in [3.8, 4) is 0 Å². The number of carbonyl (C=O) groups is 3. The Morgan fingerprint density at radius 1 is 0.969 bits per heavy atom. The number of hydrogen-bond donors (Lipinski definition) is 1. The molecule has 166 valence electrons. The van der Waals surface area contributed by atoms with E-state index in [0.29, 0.717) is 28.4 Å². The van der Waals surface area contributed by atoms with Crippen molar-refractivity contribution in [1.82, 2.24) is 9.80 Å². The first-order chi connectivity index (χ1) is 15.3. The van der Waals surface area contributed by atoms with Crippen molar-refractivity contribution in [1.29, 1.82) is 0 Å². The number of imide groups is 1. The smallest absolute Gasteiger partial charge is 0.278 e. The minimum absolute atomic E-state index is 0.156. The van der Waals surface area contributed by atoms with Gasteiger partial charge in [-0.1, -0.05) is 48.9 Å². The number of aryl methyl sites for hydroxylation is 1. The number of rotatable bonds is 5. The molecule has 4 rings (SSSR count). The summed E-state index contributed by atoms with van der Waals surface area (Å²) in [5.41, 5.74) is 4.36. The van der Waals surface area contributed by atoms with Gasteiger partial charge in [0.05, 0.1) is 12.1 Å². The van der Waals surface area contributed by atoms with E-state index in [4.69, 9.17) is 0 Å². The fraction of sp³-hybridized carbons (Fsp3) is 0.346. The van der Waals surface area contributed by atoms with Crippen molar-refractivity contribution in [3.63, 3.8) is 0 Å². The number of amides is 3. The fourth-order valence-corrected chi connectivity index (χ4v) is 4.29. The van der Waals surface area contributed by atoms with E-state index in [2.05, 4.69) is 17.1 Å². The molecule has 0 spiro atoms. The lowest BCUT2D eigenvalue weighted by molar-refractivity contribution is -0.138. The Bertz CT molecular complexity index is 1060. The molecule has 2 heterocycles. The highest BCUT2D eigenvalue weighted by atomic mass is 16.2. The second kappa shape index (κ2) is 8.99. The zero-order valence-corrected chi connectivity index (χ0v) is 18.9. The maximum absolute atomic E-state index is 13.5. The second-order valence-electron chi connectivity index (χ2n) is 8.83. The van der Waals surface area contributed by atoms with E-state index in [0.717, 1.165) is 37.1 Å². The van der Waals surface area contributed by atoms with Gasteiger partial charge in [-0.3, -0.25) is 19.3 Å². The van der Waals surface area contributed by atoms with Gasteiger partial charge in [-0.25, -0.2) is 0 Å². The average molecular weight is 432 g/mol. The molecule has 32 heavy (non-hydrogen) atoms. The Balaban J connectivity index is 1.69. The van der Waals surface area contributed by atoms with Crippen LogP contribution in [0.4, 0.5) is 5.69 Å². The summed E-state index contributed by atoms with van der Waals surface area (Å²) < 4.78 is 0. The second-order valence-corrected chi connectivity index (χ2v) is 8.83. The Morgan fingerprint density at radius 2 is 1.59 bits per heavy atom. The van der Waals surface area contributed by atoms with Gasteiger partial charge < -0.3 is 10.2 Å². The summed E-state index contributed by atoms with van der Waals surface area (Å²) in [5, 5.41) is 2.74. The summed E-state index contributed by atoms with van der Waals surface area (Å²) in [7, 11) is 0. The van der Waals surface area contributed by atoms with Crippen LogP contribution >= 0.6 is 0 Å². The standard InChI is InChI=1S/C26H29N3O3/c1-17-4-6-20(7-5-17)16-29-25(31)23(21-8-10-22(11-9-21)27-19(3)30)24(26(29)32)28-14-12-18(2)13-15-28/h4-11,18H,12-16H2,1-3H3,(H,27,30). The van der Waals surface area contributed by atoms with Crippen LogP contribution in [0.2, 0.25) is 0 Å². The SMILES string of the molecule is CC(=O)Nc1ccc(C2=C(N3CCC(C)CC3)C(=O)N(Cc3ccc(C)cc3)C2=O)cc1. The predicted octanol–water partition coefficient (Wildman–Crippen LogP) is 3.97. The Morgan fingerprint density at radius 3 is 2.19 bits per heavy atom. The molecule has 6 heteroatoms. The molecule has 2 aromatic carbocycles. The van der Waals surface area contributed by atoms with E-state index in [1.807, 2.05) is 31.2 Å². The average Bonchev–Trinajstić information content (AvgIpc) is 3.01. The third-order valence-electron chi connectivity index (χ3n) is 6.20. The monoisotopic (exact) mass is 431 g/mol. The molecule has 1 N–H and O–H groups in total. The molecule has 2 aromatic rings. The fourth-order valence-electron chi connectivity index (χ4n) is 4.29. The maximum atomic E-state index is 13.5. The van der Waals surface area contributed by atoms with Gasteiger partial charge in [0.2, 0.25) is 5.91 Å². The molecule has 0 aromatic heterocycles. The summed E-state index contributed by atoms with van der Waals surface area (Å²) in [4.78, 5) is 41.8. The molecule has 2 aliphatic rings. The molecule has 1 saturated heterocycles. The van der Waals surface area contributed by atoms with Crippen LogP contribution in [0.1, 0.15) is 43.4 Å². The molecule has 0 atom stereocenters. The van der Waals surface area contributed by atoms with Gasteiger partial charge in [-0.05, 0) is 48.9 Å². The number of piperidine rings is 1. The molecule has 0 aliphatic carbocycles. The first kappa shape index (κ1) is 21.8. The summed E-state index contributed by atoms with van der Waals surface area (Å²) in [6.07, 6.45) is 2.00. The van der Waals surface area contributed by atoms with E-state index in [1.165, 1.54) is 11.8 Å². The van der Waals surface area contributed by atoms with Crippen molar-refractivity contribution in [2.75, 3.05) is 18.4 Å². The minimum Gasteiger partial charge on any atom is -0.366 e. The van der Waals surface area contributed by atoms with Crippen molar-refractivity contribution in [2.24, 2.45) is 5.92 Å². The van der Waals surface area contributed by atoms with Crippen molar-refractivity contribution in [2.45, 2.75) is 40.2 Å². The largest absolute Gasteiger partial charge is 0.366 e. The van der Waals surface area contributed by atoms with Crippen molar-refractivity contribution >= 4 is 29.0 Å². The number of carbonyl (C=O) groups excluding carboxylic acids is 3. The van der Waals surface area contributed by atoms with E-state index in [9.17, 15) is 14.4 Å². The topological polar surface area (TPSA) is 69.7 Å². The predicted molar refractivity (Wildman–Crippen MR) is 124 cm³/mol. The molecule has 0 saturated carbocycles. The van der Waals surface area contributed by atoms with Crippen LogP contribution < -0.4 is 5.32 Å². The van der Waals surface area contributed by atoms with Crippen molar-refractivity contribution in [3.05, 3.63) is 70.9 Å². The number of likely N-dealkylation sites (tertiary alicyclic amines) is 1. The lowest BCUT2D eigenvalue weighted by atomic mass is 9.97. The van der Waals surface area contributed by atoms with Crippen LogP contribution in [0, 0.1) is 12.8 Å². The van der Waals surface area contributed by atoms with Crippen LogP contribution in [-0.4, -0.2) is 40.6 Å². The highest BCUT2D eigenvalue weighted by Crippen LogP contribution is 2.35. The number of hydrogen-bond acceptors (Lipinski definition) is 4. The van der Waals surface area contributed by atoms with Gasteiger partial charge in [0.15, 0.2) is 0 Å². The first-order valence-electron chi connectivity index (χ1n) is 11.1. The van der Waals surface area contributed by atoms with Gasteiger partial charge in [-0.15, -0.1) is 0 Å². The maximum Gasteiger partial charge on any atom is 0.278 e. The summed E-state index contributed by atoms with van der Waals surface area (Å²) in [5.74, 6) is -0.0397. The van der Waals surface area contributed by atoms with Gasteiger partial charge >= 0.3 is 0 Å². The molecule has 2 aliphatic heterocycles. The summed E-state index contributed by atoms with van der Waals surface area (Å²) in [6.45, 7) is 7.46. The zero-order chi connectivity index (χ0) is 22.8. The van der Waals surface area contributed by atoms with E-state index in [1.54, 1.807) is 24.3 Å². The third-order valence-corrected chi connectivity index (χ3v) is 6.20. The molecule has 3 amide bonds. The van der Waals surface area contributed by atoms with Crippen LogP contribution in [0.5, 0.6) is 0 Å². The van der Waals surface area contributed by atoms with Gasteiger partial charge in [0, 0.05) is 25.7 Å². The summed E-state index contributed by atoms with van der Waals surface area (Å²) in [6, 6.07) is 15.0. The zero-order valence-electron chi connectivity index (χ0n) is 18.9. The normalized spacial score (nSPS) is 17.3. The molecule has 0 radical (unpaired) electrons. The number of benzene rings is 2. The molecular weight excluding hydrogens is 402 g/mol. The number of anilines is 1. The molecule has 1 fully saturated rings. The quantitative estimate of drug-likeness (QED) is 0.728. The number of nitrogens with zero attached hydrogens (tertiary/aromatic N) is 2. The van der Waals surface area contributed by atoms with Crippen LogP contribution in [0.25, 0.3) is 5.57 Å². The highest BCUT2D eigenvalue weighted by Gasteiger charge is 2.42. The molecule has 0 unspecified atom stereocenters.